The van der Waals surface area contributed by atoms with Crippen molar-refractivity contribution in [3.63, 3.8) is 0 Å². The fourth-order valence-corrected chi connectivity index (χ4v) is 4.10. The maximum Gasteiger partial charge on any atom is 0.244 e. The van der Waals surface area contributed by atoms with E-state index in [4.69, 9.17) is 16.3 Å². The summed E-state index contributed by atoms with van der Waals surface area (Å²) in [7, 11) is -2.40. The number of likely N-dealkylation sites (N-methyl/N-ethyl adjacent to an activating group) is 1. The number of benzene rings is 2. The lowest BCUT2D eigenvalue weighted by atomic mass is 10.1. The summed E-state index contributed by atoms with van der Waals surface area (Å²) in [6.45, 7) is 3.15. The van der Waals surface area contributed by atoms with Crippen LogP contribution in [0.25, 0.3) is 0 Å². The van der Waals surface area contributed by atoms with Gasteiger partial charge in [-0.15, -0.1) is 0 Å². The first-order valence-corrected chi connectivity index (χ1v) is 12.3. The zero-order valence-electron chi connectivity index (χ0n) is 18.8. The minimum Gasteiger partial charge on any atom is -0.497 e. The van der Waals surface area contributed by atoms with Gasteiger partial charge in [-0.05, 0) is 49.7 Å². The molecule has 1 N–H and O–H groups in total. The molecule has 2 amide bonds. The lowest BCUT2D eigenvalue weighted by molar-refractivity contribution is -0.139. The van der Waals surface area contributed by atoms with Crippen LogP contribution in [0.2, 0.25) is 5.02 Å². The van der Waals surface area contributed by atoms with Crippen LogP contribution in [-0.4, -0.2) is 57.6 Å². The van der Waals surface area contributed by atoms with Crippen molar-refractivity contribution in [3.05, 3.63) is 58.9 Å². The van der Waals surface area contributed by atoms with Gasteiger partial charge in [-0.25, -0.2) is 12.8 Å². The number of rotatable bonds is 10. The van der Waals surface area contributed by atoms with Crippen LogP contribution in [0.5, 0.6) is 5.75 Å². The van der Waals surface area contributed by atoms with E-state index in [2.05, 4.69) is 5.32 Å². The minimum absolute atomic E-state index is 0.0345. The first-order valence-electron chi connectivity index (χ1n) is 10.1. The van der Waals surface area contributed by atoms with Crippen molar-refractivity contribution in [2.45, 2.75) is 26.4 Å². The van der Waals surface area contributed by atoms with Crippen LogP contribution in [0.3, 0.4) is 0 Å². The van der Waals surface area contributed by atoms with Crippen molar-refractivity contribution in [1.29, 1.82) is 0 Å². The van der Waals surface area contributed by atoms with Crippen LogP contribution in [0.4, 0.5) is 10.1 Å². The van der Waals surface area contributed by atoms with Gasteiger partial charge in [0, 0.05) is 13.1 Å². The SMILES string of the molecule is CCNC(=O)[C@H](C)N(Cc1ccc(OC)cc1)C(=O)CN(c1ccc(F)c(Cl)c1)S(C)(=O)=O. The predicted octanol–water partition coefficient (Wildman–Crippen LogP) is 2.81. The smallest absolute Gasteiger partial charge is 0.244 e. The molecule has 1 atom stereocenters. The number of halogens is 2. The normalized spacial score (nSPS) is 12.1. The number of carbonyl (C=O) groups is 2. The quantitative estimate of drug-likeness (QED) is 0.542. The molecule has 0 saturated carbocycles. The van der Waals surface area contributed by atoms with Gasteiger partial charge in [0.25, 0.3) is 0 Å². The summed E-state index contributed by atoms with van der Waals surface area (Å²) >= 11 is 5.81. The molecule has 0 aliphatic rings. The van der Waals surface area contributed by atoms with Gasteiger partial charge in [0.2, 0.25) is 21.8 Å². The summed E-state index contributed by atoms with van der Waals surface area (Å²) in [5, 5.41) is 2.39. The first kappa shape index (κ1) is 26.4. The second-order valence-electron chi connectivity index (χ2n) is 7.31. The number of amides is 2. The van der Waals surface area contributed by atoms with Crippen molar-refractivity contribution in [2.24, 2.45) is 0 Å². The van der Waals surface area contributed by atoms with E-state index in [-0.39, 0.29) is 23.2 Å². The number of ether oxygens (including phenoxy) is 1. The molecule has 0 aliphatic carbocycles. The third-order valence-electron chi connectivity index (χ3n) is 4.90. The first-order chi connectivity index (χ1) is 15.5. The Hall–Kier alpha value is -2.85. The van der Waals surface area contributed by atoms with Gasteiger partial charge in [0.05, 0.1) is 24.1 Å². The Kier molecular flexibility index (Phi) is 9.07. The van der Waals surface area contributed by atoms with Crippen molar-refractivity contribution >= 4 is 39.1 Å². The second kappa shape index (κ2) is 11.3. The Bertz CT molecular complexity index is 1100. The van der Waals surface area contributed by atoms with Gasteiger partial charge in [-0.1, -0.05) is 23.7 Å². The third kappa shape index (κ3) is 7.06. The largest absolute Gasteiger partial charge is 0.497 e. The number of anilines is 1. The fraction of sp³-hybridized carbons (Fsp3) is 0.364. The van der Waals surface area contributed by atoms with E-state index in [0.29, 0.717) is 12.3 Å². The summed E-state index contributed by atoms with van der Waals surface area (Å²) < 4.78 is 44.4. The highest BCUT2D eigenvalue weighted by atomic mass is 35.5. The summed E-state index contributed by atoms with van der Waals surface area (Å²) in [6, 6.07) is 9.43. The highest BCUT2D eigenvalue weighted by molar-refractivity contribution is 7.92. The average Bonchev–Trinajstić information content (AvgIpc) is 2.77. The van der Waals surface area contributed by atoms with E-state index in [1.165, 1.54) is 18.1 Å². The zero-order chi connectivity index (χ0) is 24.8. The molecule has 0 fully saturated rings. The molecule has 0 heterocycles. The van der Waals surface area contributed by atoms with E-state index >= 15 is 0 Å². The van der Waals surface area contributed by atoms with Gasteiger partial charge in [0.15, 0.2) is 0 Å². The number of methoxy groups -OCH3 is 1. The summed E-state index contributed by atoms with van der Waals surface area (Å²) in [5.74, 6) is -1.08. The van der Waals surface area contributed by atoms with Crippen molar-refractivity contribution < 1.29 is 27.1 Å². The molecule has 0 saturated heterocycles. The Labute approximate surface area is 198 Å². The van der Waals surface area contributed by atoms with E-state index < -0.39 is 34.3 Å². The molecule has 0 unspecified atom stereocenters. The Morgan fingerprint density at radius 1 is 1.18 bits per heavy atom. The standard InChI is InChI=1S/C22H27ClFN3O5S/c1-5-25-22(29)15(2)26(13-16-6-9-18(32-3)10-7-16)21(28)14-27(33(4,30)31)17-8-11-20(24)19(23)12-17/h6-12,15H,5,13-14H2,1-4H3,(H,25,29)/t15-/m0/s1. The van der Waals surface area contributed by atoms with Crippen LogP contribution in [-0.2, 0) is 26.2 Å². The second-order valence-corrected chi connectivity index (χ2v) is 9.62. The molecule has 0 spiro atoms. The van der Waals surface area contributed by atoms with Crippen molar-refractivity contribution in [1.82, 2.24) is 10.2 Å². The number of carbonyl (C=O) groups excluding carboxylic acids is 2. The summed E-state index contributed by atoms with van der Waals surface area (Å²) in [4.78, 5) is 27.1. The molecule has 2 aromatic carbocycles. The molecule has 33 heavy (non-hydrogen) atoms. The van der Waals surface area contributed by atoms with Gasteiger partial charge in [0.1, 0.15) is 24.2 Å². The maximum absolute atomic E-state index is 13.6. The molecular weight excluding hydrogens is 473 g/mol. The molecule has 8 nitrogen and oxygen atoms in total. The van der Waals surface area contributed by atoms with Crippen LogP contribution < -0.4 is 14.4 Å². The van der Waals surface area contributed by atoms with Crippen LogP contribution in [0.1, 0.15) is 19.4 Å². The maximum atomic E-state index is 13.6. The summed E-state index contributed by atoms with van der Waals surface area (Å²) in [6.07, 6.45) is 0.929. The number of hydrogen-bond donors (Lipinski definition) is 1. The number of nitrogens with one attached hydrogen (secondary N) is 1. The van der Waals surface area contributed by atoms with E-state index in [1.807, 2.05) is 0 Å². The van der Waals surface area contributed by atoms with Gasteiger partial charge in [-0.2, -0.15) is 0 Å². The lowest BCUT2D eigenvalue weighted by Crippen LogP contribution is -2.51. The minimum atomic E-state index is -3.93. The zero-order valence-corrected chi connectivity index (χ0v) is 20.4. The molecule has 0 bridgehead atoms. The Morgan fingerprint density at radius 2 is 1.82 bits per heavy atom. The molecule has 2 rings (SSSR count). The van der Waals surface area contributed by atoms with Gasteiger partial charge in [-0.3, -0.25) is 13.9 Å². The lowest BCUT2D eigenvalue weighted by Gasteiger charge is -2.31. The molecule has 180 valence electrons. The number of sulfonamides is 1. The molecule has 0 aliphatic heterocycles. The van der Waals surface area contributed by atoms with Crippen molar-refractivity contribution in [3.8, 4) is 5.75 Å². The third-order valence-corrected chi connectivity index (χ3v) is 6.33. The number of nitrogens with zero attached hydrogens (tertiary/aromatic N) is 2. The molecule has 2 aromatic rings. The van der Waals surface area contributed by atoms with E-state index in [9.17, 15) is 22.4 Å². The van der Waals surface area contributed by atoms with Crippen LogP contribution in [0, 0.1) is 5.82 Å². The Balaban J connectivity index is 2.39. The molecule has 0 aromatic heterocycles. The topological polar surface area (TPSA) is 96.0 Å². The molecule has 11 heteroatoms. The van der Waals surface area contributed by atoms with Crippen LogP contribution >= 0.6 is 11.6 Å². The fourth-order valence-electron chi connectivity index (χ4n) is 3.09. The van der Waals surface area contributed by atoms with Gasteiger partial charge < -0.3 is 15.0 Å². The highest BCUT2D eigenvalue weighted by Gasteiger charge is 2.30. The van der Waals surface area contributed by atoms with Crippen molar-refractivity contribution in [2.75, 3.05) is 30.8 Å². The van der Waals surface area contributed by atoms with E-state index in [1.54, 1.807) is 38.1 Å². The van der Waals surface area contributed by atoms with Gasteiger partial charge >= 0.3 is 0 Å². The van der Waals surface area contributed by atoms with Crippen LogP contribution in [0.15, 0.2) is 42.5 Å². The predicted molar refractivity (Wildman–Crippen MR) is 125 cm³/mol. The average molecular weight is 500 g/mol. The monoisotopic (exact) mass is 499 g/mol. The van der Waals surface area contributed by atoms with E-state index in [0.717, 1.165) is 28.3 Å². The molecule has 0 radical (unpaired) electrons. The highest BCUT2D eigenvalue weighted by Crippen LogP contribution is 2.25. The Morgan fingerprint density at radius 3 is 2.33 bits per heavy atom. The number of hydrogen-bond acceptors (Lipinski definition) is 5. The summed E-state index contributed by atoms with van der Waals surface area (Å²) in [5.41, 5.74) is 0.753. The molecular formula is C22H27ClFN3O5S.